The monoisotopic (exact) mass is 998 g/mol. The maximum Gasteiger partial charge on any atom is 0.407 e. The number of nitrogens with one attached hydrogen (secondary N) is 3. The number of amides is 2. The molecular formula is C50H40F2N8O7S3. The van der Waals surface area contributed by atoms with E-state index in [2.05, 4.69) is 35.8 Å². The Bertz CT molecular complexity index is 3060. The van der Waals surface area contributed by atoms with Crippen LogP contribution < -0.4 is 21.8 Å². The normalized spacial score (nSPS) is 15.9. The molecule has 2 aliphatic heterocycles. The van der Waals surface area contributed by atoms with E-state index in [-0.39, 0.29) is 28.1 Å². The highest BCUT2D eigenvalue weighted by atomic mass is 32.2. The first-order chi connectivity index (χ1) is 34.0. The summed E-state index contributed by atoms with van der Waals surface area (Å²) in [6.07, 6.45) is -0.887. The van der Waals surface area contributed by atoms with Gasteiger partial charge in [0.1, 0.15) is 28.3 Å². The maximum atomic E-state index is 14.6. The lowest BCUT2D eigenvalue weighted by atomic mass is 9.77. The van der Waals surface area contributed by atoms with E-state index in [0.29, 0.717) is 21.8 Å². The molecule has 354 valence electrons. The summed E-state index contributed by atoms with van der Waals surface area (Å²) in [5, 5.41) is 17.0. The lowest BCUT2D eigenvalue weighted by molar-refractivity contribution is -0.154. The number of anilines is 1. The molecule has 0 saturated carbocycles. The summed E-state index contributed by atoms with van der Waals surface area (Å²) in [7, 11) is 1.39. The van der Waals surface area contributed by atoms with Gasteiger partial charge in [0, 0.05) is 23.9 Å². The smallest absolute Gasteiger partial charge is 0.407 e. The van der Waals surface area contributed by atoms with Gasteiger partial charge < -0.3 is 20.2 Å². The second-order valence-corrected chi connectivity index (χ2v) is 18.6. The molecule has 20 heteroatoms. The van der Waals surface area contributed by atoms with Crippen molar-refractivity contribution in [1.82, 2.24) is 30.0 Å². The molecule has 2 amide bonds. The van der Waals surface area contributed by atoms with E-state index in [1.54, 1.807) is 0 Å². The van der Waals surface area contributed by atoms with Crippen LogP contribution in [0.15, 0.2) is 188 Å². The summed E-state index contributed by atoms with van der Waals surface area (Å²) in [4.78, 5) is 77.8. The highest BCUT2D eigenvalue weighted by Gasteiger charge is 2.55. The summed E-state index contributed by atoms with van der Waals surface area (Å²) in [6, 6.07) is 45.9. The second kappa shape index (κ2) is 20.9. The molecule has 7 aromatic rings. The van der Waals surface area contributed by atoms with Crippen LogP contribution >= 0.6 is 34.9 Å². The van der Waals surface area contributed by atoms with Crippen molar-refractivity contribution in [3.05, 3.63) is 223 Å². The third kappa shape index (κ3) is 9.65. The minimum Gasteiger partial charge on any atom is -0.448 e. The van der Waals surface area contributed by atoms with Gasteiger partial charge in [-0.15, -0.1) is 28.2 Å². The highest BCUT2D eigenvalue weighted by molar-refractivity contribution is 8.01. The Morgan fingerprint density at radius 2 is 1.39 bits per heavy atom. The number of carbonyl (C=O) groups is 3. The van der Waals surface area contributed by atoms with Crippen LogP contribution in [0.1, 0.15) is 39.6 Å². The van der Waals surface area contributed by atoms with Crippen molar-refractivity contribution < 1.29 is 32.7 Å². The van der Waals surface area contributed by atoms with Gasteiger partial charge in [-0.3, -0.25) is 28.6 Å². The van der Waals surface area contributed by atoms with Gasteiger partial charge >= 0.3 is 23.7 Å². The topological polar surface area (TPSA) is 190 Å². The fourth-order valence-corrected chi connectivity index (χ4v) is 11.3. The number of H-pyrrole nitrogens is 1. The number of benzene rings is 5. The Morgan fingerprint density at radius 3 is 1.93 bits per heavy atom. The average Bonchev–Trinajstić information content (AvgIpc) is 3.86. The van der Waals surface area contributed by atoms with Crippen molar-refractivity contribution in [2.24, 2.45) is 12.2 Å². The van der Waals surface area contributed by atoms with E-state index in [9.17, 15) is 32.8 Å². The number of carbonyl (C=O) groups excluding carboxylic acids is 3. The van der Waals surface area contributed by atoms with Crippen LogP contribution in [-0.2, 0) is 36.5 Å². The number of β-lactam (4-membered cyclic amide) rings is 1. The number of hydrogen-bond donors (Lipinski definition) is 3. The number of alkyl halides is 2. The van der Waals surface area contributed by atoms with Crippen molar-refractivity contribution in [2.45, 2.75) is 34.8 Å². The summed E-state index contributed by atoms with van der Waals surface area (Å²) < 4.78 is 34.6. The van der Waals surface area contributed by atoms with Gasteiger partial charge in [-0.05, 0) is 33.4 Å². The van der Waals surface area contributed by atoms with E-state index in [1.807, 2.05) is 152 Å². The third-order valence-electron chi connectivity index (χ3n) is 11.5. The quantitative estimate of drug-likeness (QED) is 0.0161. The zero-order valence-electron chi connectivity index (χ0n) is 36.8. The number of ether oxygens (including phenoxy) is 1. The third-order valence-corrected chi connectivity index (χ3v) is 14.7. The molecule has 0 aliphatic carbocycles. The number of aromatic amines is 1. The zero-order valence-corrected chi connectivity index (χ0v) is 39.3. The molecule has 2 aliphatic rings. The number of rotatable bonds is 17. The van der Waals surface area contributed by atoms with Gasteiger partial charge in [0.05, 0.1) is 0 Å². The number of thioether (sulfide) groups is 2. The number of esters is 1. The molecule has 4 heterocycles. The molecule has 5 aromatic carbocycles. The Hall–Kier alpha value is -7.68. The molecule has 1 fully saturated rings. The molecule has 0 spiro atoms. The summed E-state index contributed by atoms with van der Waals surface area (Å²) in [5.41, 5.74) is 0.790. The largest absolute Gasteiger partial charge is 0.448 e. The number of halogens is 2. The van der Waals surface area contributed by atoms with Crippen molar-refractivity contribution in [3.63, 3.8) is 0 Å². The standard InChI is InChI=1S/C50H40F2N8O7S3/c1-59-44(64)42(62)56-57-49(59)70-28-32-27-68-45-38(43(63)60(45)39(32)46(65)66-40(30-17-7-2-8-18-30)31-19-9-3-10-20-31)54-41(61)37(58-67-47(51)52)36-29-69-48(53-36)55-50(33-21-11-4-12-22-33,34-23-13-5-14-24-34)35-25-15-6-16-26-35/h2-26,29,38,40,45,47H,27-28H2,1H3,(H,53,55)(H,54,61)(H,56,62)/b58-37+/t38?,45-/m1/s1. The molecule has 70 heavy (non-hydrogen) atoms. The zero-order chi connectivity index (χ0) is 48.8. The van der Waals surface area contributed by atoms with Gasteiger partial charge in [-0.25, -0.2) is 14.9 Å². The van der Waals surface area contributed by atoms with E-state index in [0.717, 1.165) is 44.4 Å². The van der Waals surface area contributed by atoms with Crippen LogP contribution in [-0.4, -0.2) is 77.7 Å². The number of fused-ring (bicyclic) bond motifs is 1. The predicted octanol–water partition coefficient (Wildman–Crippen LogP) is 7.05. The van der Waals surface area contributed by atoms with Crippen LogP contribution in [0.3, 0.4) is 0 Å². The minimum atomic E-state index is -3.39. The van der Waals surface area contributed by atoms with E-state index < -0.39 is 64.3 Å². The molecular weight excluding hydrogens is 959 g/mol. The SMILES string of the molecule is Cn1c(SCC2=C(C(=O)OC(c3ccccc3)c3ccccc3)N3C(=O)C(NC(=O)/C(=N/OC(F)F)c4csc(NC(c5ccccc5)(c5ccccc5)c5ccccc5)n4)[C@H]3SC2)n[nH]c(=O)c1=O. The first-order valence-electron chi connectivity index (χ1n) is 21.5. The molecule has 1 saturated heterocycles. The molecule has 3 N–H and O–H groups in total. The molecule has 1 unspecified atom stereocenters. The minimum absolute atomic E-state index is 0.0424. The van der Waals surface area contributed by atoms with Crippen LogP contribution in [0.5, 0.6) is 0 Å². The number of thiazole rings is 1. The summed E-state index contributed by atoms with van der Waals surface area (Å²) in [6.45, 7) is -3.39. The second-order valence-electron chi connectivity index (χ2n) is 15.7. The number of nitrogens with zero attached hydrogens (tertiary/aromatic N) is 5. The summed E-state index contributed by atoms with van der Waals surface area (Å²) >= 11 is 3.39. The van der Waals surface area contributed by atoms with Crippen molar-refractivity contribution in [1.29, 1.82) is 0 Å². The van der Waals surface area contributed by atoms with Crippen molar-refractivity contribution in [3.8, 4) is 0 Å². The Morgan fingerprint density at radius 1 is 0.843 bits per heavy atom. The van der Waals surface area contributed by atoms with Gasteiger partial charge in [0.15, 0.2) is 22.1 Å². The maximum absolute atomic E-state index is 14.6. The number of oxime groups is 1. The van der Waals surface area contributed by atoms with Gasteiger partial charge in [-0.1, -0.05) is 169 Å². The van der Waals surface area contributed by atoms with Crippen LogP contribution in [0, 0.1) is 0 Å². The number of hydrogen-bond acceptors (Lipinski definition) is 14. The molecule has 0 bridgehead atoms. The predicted molar refractivity (Wildman–Crippen MR) is 262 cm³/mol. The fraction of sp³-hybridized carbons (Fsp3) is 0.160. The van der Waals surface area contributed by atoms with Gasteiger partial charge in [-0.2, -0.15) is 8.78 Å². The van der Waals surface area contributed by atoms with Crippen LogP contribution in [0.2, 0.25) is 0 Å². The van der Waals surface area contributed by atoms with Crippen LogP contribution in [0.4, 0.5) is 13.9 Å². The summed E-state index contributed by atoms with van der Waals surface area (Å²) in [5.74, 6) is -2.38. The Labute approximate surface area is 410 Å². The van der Waals surface area contributed by atoms with Crippen LogP contribution in [0.25, 0.3) is 0 Å². The molecule has 0 radical (unpaired) electrons. The van der Waals surface area contributed by atoms with Crippen molar-refractivity contribution >= 4 is 63.5 Å². The molecule has 9 rings (SSSR count). The molecule has 15 nitrogen and oxygen atoms in total. The van der Waals surface area contributed by atoms with Crippen molar-refractivity contribution in [2.75, 3.05) is 16.8 Å². The Balaban J connectivity index is 1.01. The first kappa shape index (κ1) is 47.4. The van der Waals surface area contributed by atoms with E-state index >= 15 is 0 Å². The Kier molecular flexibility index (Phi) is 14.1. The highest BCUT2D eigenvalue weighted by Crippen LogP contribution is 2.44. The molecule has 2 aromatic heterocycles. The fourth-order valence-electron chi connectivity index (χ4n) is 8.16. The van der Waals surface area contributed by atoms with Gasteiger partial charge in [0.25, 0.3) is 11.8 Å². The number of aromatic nitrogens is 4. The average molecular weight is 999 g/mol. The van der Waals surface area contributed by atoms with E-state index in [1.165, 1.54) is 29.1 Å². The molecule has 2 atom stereocenters. The van der Waals surface area contributed by atoms with E-state index in [4.69, 9.17) is 4.74 Å². The lowest BCUT2D eigenvalue weighted by Crippen LogP contribution is -2.71. The van der Waals surface area contributed by atoms with Gasteiger partial charge in [0.2, 0.25) is 0 Å². The first-order valence-corrected chi connectivity index (χ1v) is 24.4. The lowest BCUT2D eigenvalue weighted by Gasteiger charge is -2.49.